The highest BCUT2D eigenvalue weighted by Crippen LogP contribution is 2.24. The highest BCUT2D eigenvalue weighted by atomic mass is 79.9. The molecule has 3 heteroatoms. The number of hydrogen-bond donors (Lipinski definition) is 0. The van der Waals surface area contributed by atoms with E-state index in [2.05, 4.69) is 15.9 Å². The molecule has 0 nitrogen and oxygen atoms in total. The summed E-state index contributed by atoms with van der Waals surface area (Å²) in [4.78, 5) is 0. The van der Waals surface area contributed by atoms with Gasteiger partial charge in [-0.25, -0.2) is 4.39 Å². The SMILES string of the molecule is Cc1c(Cl)ccc(Br)c1F. The Kier molecular flexibility index (Phi) is 2.32. The molecule has 0 aliphatic heterocycles. The summed E-state index contributed by atoms with van der Waals surface area (Å²) in [5, 5.41) is 0.459. The fourth-order valence-corrected chi connectivity index (χ4v) is 1.20. The summed E-state index contributed by atoms with van der Waals surface area (Å²) in [6.45, 7) is 1.64. The van der Waals surface area contributed by atoms with E-state index in [1.807, 2.05) is 0 Å². The predicted molar refractivity (Wildman–Crippen MR) is 43.8 cm³/mol. The monoisotopic (exact) mass is 222 g/mol. The molecule has 1 aromatic carbocycles. The van der Waals surface area contributed by atoms with Crippen LogP contribution >= 0.6 is 27.5 Å². The molecule has 0 radical (unpaired) electrons. The Balaban J connectivity index is 3.34. The molecule has 0 unspecified atom stereocenters. The molecule has 0 spiro atoms. The van der Waals surface area contributed by atoms with Crippen molar-refractivity contribution in [3.8, 4) is 0 Å². The minimum Gasteiger partial charge on any atom is -0.205 e. The first-order valence-corrected chi connectivity index (χ1v) is 3.90. The van der Waals surface area contributed by atoms with Crippen molar-refractivity contribution < 1.29 is 4.39 Å². The van der Waals surface area contributed by atoms with Crippen LogP contribution in [-0.2, 0) is 0 Å². The third-order valence-electron chi connectivity index (χ3n) is 1.27. The summed E-state index contributed by atoms with van der Waals surface area (Å²) in [5.74, 6) is -0.285. The zero-order valence-corrected chi connectivity index (χ0v) is 7.63. The Hall–Kier alpha value is -0.0800. The zero-order valence-electron chi connectivity index (χ0n) is 5.29. The fraction of sp³-hybridized carbons (Fsp3) is 0.143. The van der Waals surface area contributed by atoms with Gasteiger partial charge in [-0.15, -0.1) is 0 Å². The van der Waals surface area contributed by atoms with Crippen molar-refractivity contribution in [3.05, 3.63) is 33.0 Å². The van der Waals surface area contributed by atoms with Gasteiger partial charge in [0.25, 0.3) is 0 Å². The summed E-state index contributed by atoms with van der Waals surface area (Å²) in [5.41, 5.74) is 0.482. The summed E-state index contributed by atoms with van der Waals surface area (Å²) in [6.07, 6.45) is 0. The van der Waals surface area contributed by atoms with Gasteiger partial charge in [0.15, 0.2) is 0 Å². The lowest BCUT2D eigenvalue weighted by Gasteiger charge is -1.99. The molecule has 0 N–H and O–H groups in total. The van der Waals surface area contributed by atoms with Gasteiger partial charge < -0.3 is 0 Å². The molecule has 10 heavy (non-hydrogen) atoms. The average molecular weight is 223 g/mol. The molecular weight excluding hydrogens is 218 g/mol. The van der Waals surface area contributed by atoms with E-state index in [0.717, 1.165) is 0 Å². The molecule has 0 saturated heterocycles. The molecule has 54 valence electrons. The quantitative estimate of drug-likeness (QED) is 0.590. The maximum Gasteiger partial charge on any atom is 0.141 e. The van der Waals surface area contributed by atoms with Crippen molar-refractivity contribution >= 4 is 27.5 Å². The van der Waals surface area contributed by atoms with Gasteiger partial charge in [0, 0.05) is 10.6 Å². The molecule has 0 bridgehead atoms. The predicted octanol–water partition coefficient (Wildman–Crippen LogP) is 3.55. The van der Waals surface area contributed by atoms with Gasteiger partial charge in [-0.2, -0.15) is 0 Å². The lowest BCUT2D eigenvalue weighted by Crippen LogP contribution is -1.83. The average Bonchev–Trinajstić information content (AvgIpc) is 1.93. The molecular formula is C7H5BrClF. The van der Waals surface area contributed by atoms with Crippen LogP contribution in [0.4, 0.5) is 4.39 Å². The first-order chi connectivity index (χ1) is 4.63. The van der Waals surface area contributed by atoms with Gasteiger partial charge in [0.2, 0.25) is 0 Å². The normalized spacial score (nSPS) is 10.0. The summed E-state index contributed by atoms with van der Waals surface area (Å²) < 4.78 is 13.3. The summed E-state index contributed by atoms with van der Waals surface area (Å²) in [6, 6.07) is 3.24. The van der Waals surface area contributed by atoms with E-state index in [1.165, 1.54) is 0 Å². The first-order valence-electron chi connectivity index (χ1n) is 2.73. The molecule has 0 aliphatic rings. The van der Waals surface area contributed by atoms with Crippen LogP contribution in [0.5, 0.6) is 0 Å². The van der Waals surface area contributed by atoms with E-state index in [-0.39, 0.29) is 5.82 Å². The number of halogens is 3. The van der Waals surface area contributed by atoms with E-state index in [4.69, 9.17) is 11.6 Å². The minimum absolute atomic E-state index is 0.285. The maximum absolute atomic E-state index is 12.9. The van der Waals surface area contributed by atoms with Crippen molar-refractivity contribution in [2.45, 2.75) is 6.92 Å². The van der Waals surface area contributed by atoms with Crippen LogP contribution in [0.3, 0.4) is 0 Å². The Bertz CT molecular complexity index is 233. The third-order valence-corrected chi connectivity index (χ3v) is 2.30. The molecule has 0 amide bonds. The lowest BCUT2D eigenvalue weighted by atomic mass is 10.2. The van der Waals surface area contributed by atoms with Crippen molar-refractivity contribution in [1.82, 2.24) is 0 Å². The third kappa shape index (κ3) is 1.32. The first kappa shape index (κ1) is 8.02. The highest BCUT2D eigenvalue weighted by molar-refractivity contribution is 9.10. The molecule has 0 saturated carbocycles. The Morgan fingerprint density at radius 2 is 2.10 bits per heavy atom. The van der Waals surface area contributed by atoms with E-state index < -0.39 is 0 Å². The minimum atomic E-state index is -0.285. The van der Waals surface area contributed by atoms with Crippen molar-refractivity contribution in [2.75, 3.05) is 0 Å². The van der Waals surface area contributed by atoms with Crippen LogP contribution < -0.4 is 0 Å². The van der Waals surface area contributed by atoms with Crippen LogP contribution in [0.1, 0.15) is 5.56 Å². The van der Waals surface area contributed by atoms with E-state index in [9.17, 15) is 4.39 Å². The van der Waals surface area contributed by atoms with Crippen molar-refractivity contribution in [1.29, 1.82) is 0 Å². The van der Waals surface area contributed by atoms with E-state index in [1.54, 1.807) is 19.1 Å². The zero-order chi connectivity index (χ0) is 7.72. The number of benzene rings is 1. The van der Waals surface area contributed by atoms with Gasteiger partial charge in [-0.05, 0) is 35.0 Å². The van der Waals surface area contributed by atoms with Crippen LogP contribution in [0, 0.1) is 12.7 Å². The largest absolute Gasteiger partial charge is 0.205 e. The van der Waals surface area contributed by atoms with Crippen LogP contribution in [0.25, 0.3) is 0 Å². The van der Waals surface area contributed by atoms with Crippen LogP contribution in [0.15, 0.2) is 16.6 Å². The number of hydrogen-bond acceptors (Lipinski definition) is 0. The molecule has 0 fully saturated rings. The highest BCUT2D eigenvalue weighted by Gasteiger charge is 2.04. The Labute approximate surface area is 72.1 Å². The van der Waals surface area contributed by atoms with Gasteiger partial charge in [0.05, 0.1) is 4.47 Å². The summed E-state index contributed by atoms with van der Waals surface area (Å²) in [7, 11) is 0. The second-order valence-electron chi connectivity index (χ2n) is 1.97. The smallest absolute Gasteiger partial charge is 0.141 e. The van der Waals surface area contributed by atoms with Gasteiger partial charge in [0.1, 0.15) is 5.82 Å². The van der Waals surface area contributed by atoms with Crippen molar-refractivity contribution in [2.24, 2.45) is 0 Å². The van der Waals surface area contributed by atoms with E-state index >= 15 is 0 Å². The maximum atomic E-state index is 12.9. The standard InChI is InChI=1S/C7H5BrClF/c1-4-6(9)3-2-5(8)7(4)10/h2-3H,1H3. The fourth-order valence-electron chi connectivity index (χ4n) is 0.628. The molecule has 0 heterocycles. The van der Waals surface area contributed by atoms with Gasteiger partial charge >= 0.3 is 0 Å². The van der Waals surface area contributed by atoms with Gasteiger partial charge in [-0.1, -0.05) is 11.6 Å². The van der Waals surface area contributed by atoms with E-state index in [0.29, 0.717) is 15.1 Å². The Morgan fingerprint density at radius 1 is 1.50 bits per heavy atom. The van der Waals surface area contributed by atoms with Gasteiger partial charge in [-0.3, -0.25) is 0 Å². The van der Waals surface area contributed by atoms with Crippen LogP contribution in [-0.4, -0.2) is 0 Å². The second kappa shape index (κ2) is 2.89. The molecule has 1 aromatic rings. The molecule has 0 aliphatic carbocycles. The second-order valence-corrected chi connectivity index (χ2v) is 3.23. The Morgan fingerprint density at radius 3 is 2.60 bits per heavy atom. The topological polar surface area (TPSA) is 0 Å². The molecule has 0 aromatic heterocycles. The van der Waals surface area contributed by atoms with Crippen LogP contribution in [0.2, 0.25) is 5.02 Å². The lowest BCUT2D eigenvalue weighted by molar-refractivity contribution is 0.612. The molecule has 0 atom stereocenters. The number of rotatable bonds is 0. The van der Waals surface area contributed by atoms with Crippen molar-refractivity contribution in [3.63, 3.8) is 0 Å². The molecule has 1 rings (SSSR count). The summed E-state index contributed by atoms with van der Waals surface area (Å²) >= 11 is 8.67.